The van der Waals surface area contributed by atoms with Crippen LogP contribution >= 0.6 is 0 Å². The molecule has 6 heteroatoms. The summed E-state index contributed by atoms with van der Waals surface area (Å²) in [5.41, 5.74) is 0. The number of hydrogen-bond acceptors (Lipinski definition) is 6. The molecule has 0 aromatic rings. The van der Waals surface area contributed by atoms with Crippen LogP contribution in [-0.4, -0.2) is 37.2 Å². The molecular weight excluding hydrogens is 420 g/mol. The molecule has 0 aromatic heterocycles. The molecule has 0 saturated heterocycles. The standard InChI is InChI=1S/C27H40O6/c1-4-5-6-7-8-9-10-11-12-13-14-15-16-17-18-19-20-21-27(30)33-26(22-31-24(2)28)23-32-25(3)29/h5-6,8-9,11-12,14-15,17-18,26H,4,7,10,13,16,19-23H2,1-3H3/b6-5-,9-8-,12-11-,15-14-,18-17-. The summed E-state index contributed by atoms with van der Waals surface area (Å²) >= 11 is 0. The van der Waals surface area contributed by atoms with Crippen molar-refractivity contribution in [3.8, 4) is 0 Å². The van der Waals surface area contributed by atoms with Gasteiger partial charge in [-0.25, -0.2) is 0 Å². The summed E-state index contributed by atoms with van der Waals surface area (Å²) in [6.45, 7) is 4.38. The second-order valence-electron chi connectivity index (χ2n) is 7.32. The van der Waals surface area contributed by atoms with Crippen molar-refractivity contribution in [3.63, 3.8) is 0 Å². The Morgan fingerprint density at radius 3 is 1.52 bits per heavy atom. The minimum Gasteiger partial charge on any atom is -0.462 e. The number of esters is 3. The van der Waals surface area contributed by atoms with E-state index in [1.165, 1.54) is 13.8 Å². The third-order valence-corrected chi connectivity index (χ3v) is 4.15. The maximum atomic E-state index is 12.0. The number of carbonyl (C=O) groups excluding carboxylic acids is 3. The average molecular weight is 461 g/mol. The number of allylic oxidation sites excluding steroid dienone is 10. The molecule has 0 N–H and O–H groups in total. The van der Waals surface area contributed by atoms with Gasteiger partial charge in [0.1, 0.15) is 13.2 Å². The van der Waals surface area contributed by atoms with Crippen LogP contribution in [0, 0.1) is 0 Å². The van der Waals surface area contributed by atoms with Crippen LogP contribution in [0.15, 0.2) is 60.8 Å². The van der Waals surface area contributed by atoms with E-state index in [4.69, 9.17) is 14.2 Å². The number of carbonyl (C=O) groups is 3. The van der Waals surface area contributed by atoms with E-state index in [-0.39, 0.29) is 19.6 Å². The van der Waals surface area contributed by atoms with Crippen LogP contribution in [0.2, 0.25) is 0 Å². The first-order chi connectivity index (χ1) is 16.0. The zero-order valence-corrected chi connectivity index (χ0v) is 20.4. The molecule has 6 nitrogen and oxygen atoms in total. The molecule has 0 aromatic carbocycles. The van der Waals surface area contributed by atoms with E-state index in [0.29, 0.717) is 6.42 Å². The number of unbranched alkanes of at least 4 members (excludes halogenated alkanes) is 1. The first-order valence-electron chi connectivity index (χ1n) is 11.7. The minimum atomic E-state index is -0.793. The fraction of sp³-hybridized carbons (Fsp3) is 0.519. The van der Waals surface area contributed by atoms with Crippen LogP contribution in [0.1, 0.15) is 72.1 Å². The van der Waals surface area contributed by atoms with Gasteiger partial charge in [0.15, 0.2) is 6.10 Å². The Bertz CT molecular complexity index is 667. The van der Waals surface area contributed by atoms with Crippen molar-refractivity contribution in [2.45, 2.75) is 78.2 Å². The van der Waals surface area contributed by atoms with Crippen LogP contribution < -0.4 is 0 Å². The van der Waals surface area contributed by atoms with Gasteiger partial charge in [0, 0.05) is 20.3 Å². The van der Waals surface area contributed by atoms with Gasteiger partial charge in [-0.3, -0.25) is 14.4 Å². The monoisotopic (exact) mass is 460 g/mol. The molecule has 0 amide bonds. The molecule has 0 spiro atoms. The predicted octanol–water partition coefficient (Wildman–Crippen LogP) is 5.95. The van der Waals surface area contributed by atoms with Gasteiger partial charge >= 0.3 is 17.9 Å². The van der Waals surface area contributed by atoms with E-state index in [2.05, 4.69) is 61.6 Å². The summed E-state index contributed by atoms with van der Waals surface area (Å²) in [6.07, 6.45) is 27.1. The maximum Gasteiger partial charge on any atom is 0.306 e. The Hall–Kier alpha value is -2.89. The number of hydrogen-bond donors (Lipinski definition) is 0. The fourth-order valence-electron chi connectivity index (χ4n) is 2.51. The van der Waals surface area contributed by atoms with E-state index < -0.39 is 24.0 Å². The lowest BCUT2D eigenvalue weighted by atomic mass is 10.2. The van der Waals surface area contributed by atoms with E-state index in [0.717, 1.165) is 38.5 Å². The molecule has 0 fully saturated rings. The lowest BCUT2D eigenvalue weighted by Crippen LogP contribution is -2.30. The quantitative estimate of drug-likeness (QED) is 0.109. The van der Waals surface area contributed by atoms with Crippen molar-refractivity contribution in [1.82, 2.24) is 0 Å². The van der Waals surface area contributed by atoms with E-state index in [1.54, 1.807) is 0 Å². The SMILES string of the molecule is CC/C=C\C/C=C\C/C=C\C/C=C\C/C=C\CCCC(=O)OC(COC(C)=O)COC(C)=O. The Balaban J connectivity index is 3.89. The van der Waals surface area contributed by atoms with E-state index in [9.17, 15) is 14.4 Å². The molecular formula is C27H40O6. The van der Waals surface area contributed by atoms with Gasteiger partial charge in [0.2, 0.25) is 0 Å². The molecule has 0 saturated carbocycles. The van der Waals surface area contributed by atoms with Gasteiger partial charge in [0.25, 0.3) is 0 Å². The molecule has 184 valence electrons. The summed E-state index contributed by atoms with van der Waals surface area (Å²) < 4.78 is 14.9. The normalized spacial score (nSPS) is 12.1. The smallest absolute Gasteiger partial charge is 0.306 e. The molecule has 0 atom stereocenters. The first kappa shape index (κ1) is 30.1. The molecule has 0 radical (unpaired) electrons. The van der Waals surface area contributed by atoms with E-state index >= 15 is 0 Å². The topological polar surface area (TPSA) is 78.9 Å². The lowest BCUT2D eigenvalue weighted by Gasteiger charge is -2.17. The molecule has 33 heavy (non-hydrogen) atoms. The van der Waals surface area contributed by atoms with Crippen molar-refractivity contribution < 1.29 is 28.6 Å². The molecule has 0 unspecified atom stereocenters. The molecule has 0 aliphatic rings. The van der Waals surface area contributed by atoms with Crippen molar-refractivity contribution >= 4 is 17.9 Å². The second kappa shape index (κ2) is 22.3. The summed E-state index contributed by atoms with van der Waals surface area (Å²) in [6, 6.07) is 0. The Kier molecular flexibility index (Phi) is 20.4. The van der Waals surface area contributed by atoms with Gasteiger partial charge in [-0.1, -0.05) is 67.7 Å². The molecule has 0 rings (SSSR count). The Morgan fingerprint density at radius 1 is 0.667 bits per heavy atom. The van der Waals surface area contributed by atoms with Gasteiger partial charge in [0.05, 0.1) is 0 Å². The maximum absolute atomic E-state index is 12.0. The average Bonchev–Trinajstić information content (AvgIpc) is 2.77. The molecule has 0 aliphatic carbocycles. The van der Waals surface area contributed by atoms with Crippen molar-refractivity contribution in [3.05, 3.63) is 60.8 Å². The summed E-state index contributed by atoms with van der Waals surface area (Å²) in [5.74, 6) is -1.39. The third-order valence-electron chi connectivity index (χ3n) is 4.15. The predicted molar refractivity (Wildman–Crippen MR) is 131 cm³/mol. The second-order valence-corrected chi connectivity index (χ2v) is 7.32. The molecule has 0 aliphatic heterocycles. The lowest BCUT2D eigenvalue weighted by molar-refractivity contribution is -0.165. The Morgan fingerprint density at radius 2 is 1.09 bits per heavy atom. The largest absolute Gasteiger partial charge is 0.462 e. The number of rotatable bonds is 18. The van der Waals surface area contributed by atoms with Gasteiger partial charge in [-0.05, 0) is 44.9 Å². The highest BCUT2D eigenvalue weighted by molar-refractivity contribution is 5.70. The van der Waals surface area contributed by atoms with Crippen LogP contribution in [0.5, 0.6) is 0 Å². The Labute approximate surface area is 199 Å². The van der Waals surface area contributed by atoms with Crippen molar-refractivity contribution in [2.24, 2.45) is 0 Å². The molecule has 0 bridgehead atoms. The van der Waals surface area contributed by atoms with E-state index in [1.807, 2.05) is 6.08 Å². The summed E-state index contributed by atoms with van der Waals surface area (Å²) in [7, 11) is 0. The highest BCUT2D eigenvalue weighted by atomic mass is 16.6. The summed E-state index contributed by atoms with van der Waals surface area (Å²) in [5, 5.41) is 0. The highest BCUT2D eigenvalue weighted by Gasteiger charge is 2.17. The van der Waals surface area contributed by atoms with Gasteiger partial charge < -0.3 is 14.2 Å². The van der Waals surface area contributed by atoms with Gasteiger partial charge in [-0.2, -0.15) is 0 Å². The van der Waals surface area contributed by atoms with Crippen molar-refractivity contribution in [2.75, 3.05) is 13.2 Å². The zero-order chi connectivity index (χ0) is 24.6. The van der Waals surface area contributed by atoms with Crippen LogP contribution in [-0.2, 0) is 28.6 Å². The number of ether oxygens (including phenoxy) is 3. The highest BCUT2D eigenvalue weighted by Crippen LogP contribution is 2.04. The zero-order valence-electron chi connectivity index (χ0n) is 20.4. The van der Waals surface area contributed by atoms with Crippen LogP contribution in [0.4, 0.5) is 0 Å². The fourth-order valence-corrected chi connectivity index (χ4v) is 2.51. The molecule has 0 heterocycles. The van der Waals surface area contributed by atoms with Gasteiger partial charge in [-0.15, -0.1) is 0 Å². The third kappa shape index (κ3) is 23.6. The van der Waals surface area contributed by atoms with Crippen molar-refractivity contribution in [1.29, 1.82) is 0 Å². The summed E-state index contributed by atoms with van der Waals surface area (Å²) in [4.78, 5) is 33.8. The minimum absolute atomic E-state index is 0.136. The first-order valence-corrected chi connectivity index (χ1v) is 11.7. The van der Waals surface area contributed by atoms with Crippen LogP contribution in [0.3, 0.4) is 0 Å². The van der Waals surface area contributed by atoms with Crippen LogP contribution in [0.25, 0.3) is 0 Å².